The highest BCUT2D eigenvalue weighted by atomic mass is 14.6. The smallest absolute Gasteiger partial charge is 0.0346 e. The van der Waals surface area contributed by atoms with Crippen molar-refractivity contribution < 1.29 is 0 Å². The molecule has 2 aromatic carbocycles. The predicted octanol–water partition coefficient (Wildman–Crippen LogP) is 4.18. The Morgan fingerprint density at radius 2 is 1.86 bits per heavy atom. The molecule has 1 unspecified atom stereocenters. The van der Waals surface area contributed by atoms with E-state index in [1.54, 1.807) is 0 Å². The fourth-order valence-electron chi connectivity index (χ4n) is 2.70. The summed E-state index contributed by atoms with van der Waals surface area (Å²) in [5.41, 5.74) is 10.3. The quantitative estimate of drug-likeness (QED) is 0.776. The van der Waals surface area contributed by atoms with E-state index < -0.39 is 0 Å². The summed E-state index contributed by atoms with van der Waals surface area (Å²) in [5, 5.41) is 2.37. The first-order valence-corrected chi connectivity index (χ1v) is 7.38. The Morgan fingerprint density at radius 3 is 2.67 bits per heavy atom. The summed E-state index contributed by atoms with van der Waals surface area (Å²) in [4.78, 5) is 4.17. The van der Waals surface area contributed by atoms with Crippen LogP contribution in [0.1, 0.15) is 29.2 Å². The molecule has 2 N–H and O–H groups in total. The third kappa shape index (κ3) is 3.11. The lowest BCUT2D eigenvalue weighted by atomic mass is 9.95. The minimum atomic E-state index is 0.0532. The van der Waals surface area contributed by atoms with E-state index in [1.807, 2.05) is 12.4 Å². The summed E-state index contributed by atoms with van der Waals surface area (Å²) in [7, 11) is 0. The monoisotopic (exact) mass is 276 g/mol. The second-order valence-electron chi connectivity index (χ2n) is 5.57. The largest absolute Gasteiger partial charge is 0.324 e. The Balaban J connectivity index is 1.78. The van der Waals surface area contributed by atoms with Crippen LogP contribution in [0.2, 0.25) is 0 Å². The van der Waals surface area contributed by atoms with Crippen molar-refractivity contribution in [2.24, 2.45) is 5.73 Å². The number of hydrogen-bond acceptors (Lipinski definition) is 2. The van der Waals surface area contributed by atoms with Crippen LogP contribution in [0.15, 0.2) is 60.9 Å². The predicted molar refractivity (Wildman–Crippen MR) is 88.2 cm³/mol. The molecule has 0 saturated carbocycles. The van der Waals surface area contributed by atoms with E-state index in [2.05, 4.69) is 60.4 Å². The molecule has 106 valence electrons. The van der Waals surface area contributed by atoms with Gasteiger partial charge in [-0.2, -0.15) is 0 Å². The Morgan fingerprint density at radius 1 is 1.05 bits per heavy atom. The first kappa shape index (κ1) is 13.8. The van der Waals surface area contributed by atoms with Crippen molar-refractivity contribution in [1.29, 1.82) is 0 Å². The Kier molecular flexibility index (Phi) is 3.98. The SMILES string of the molecule is Cc1ccc(CCC(N)c2cccc3cnccc23)cc1. The number of fused-ring (bicyclic) bond motifs is 1. The van der Waals surface area contributed by atoms with Gasteiger partial charge in [0.25, 0.3) is 0 Å². The highest BCUT2D eigenvalue weighted by Crippen LogP contribution is 2.25. The van der Waals surface area contributed by atoms with Gasteiger partial charge in [-0.3, -0.25) is 4.98 Å². The molecule has 0 saturated heterocycles. The summed E-state index contributed by atoms with van der Waals surface area (Å²) in [6.07, 6.45) is 5.68. The van der Waals surface area contributed by atoms with Gasteiger partial charge in [0.15, 0.2) is 0 Å². The molecule has 21 heavy (non-hydrogen) atoms. The number of benzene rings is 2. The molecule has 0 spiro atoms. The molecule has 1 heterocycles. The lowest BCUT2D eigenvalue weighted by Crippen LogP contribution is -2.11. The lowest BCUT2D eigenvalue weighted by molar-refractivity contribution is 0.656. The molecular weight excluding hydrogens is 256 g/mol. The molecule has 0 aliphatic rings. The van der Waals surface area contributed by atoms with Gasteiger partial charge in [0, 0.05) is 23.8 Å². The third-order valence-electron chi connectivity index (χ3n) is 3.98. The van der Waals surface area contributed by atoms with Gasteiger partial charge < -0.3 is 5.73 Å². The standard InChI is InChI=1S/C19H20N2/c1-14-5-7-15(8-6-14)9-10-19(20)18-4-2-3-16-13-21-12-11-17(16)18/h2-8,11-13,19H,9-10,20H2,1H3. The van der Waals surface area contributed by atoms with Gasteiger partial charge in [-0.25, -0.2) is 0 Å². The average molecular weight is 276 g/mol. The molecule has 0 amide bonds. The molecule has 0 fully saturated rings. The van der Waals surface area contributed by atoms with E-state index in [4.69, 9.17) is 5.73 Å². The maximum absolute atomic E-state index is 6.42. The molecule has 3 aromatic rings. The van der Waals surface area contributed by atoms with E-state index in [0.717, 1.165) is 18.2 Å². The number of pyridine rings is 1. The molecule has 3 rings (SSSR count). The van der Waals surface area contributed by atoms with Crippen LogP contribution < -0.4 is 5.73 Å². The molecule has 2 nitrogen and oxygen atoms in total. The third-order valence-corrected chi connectivity index (χ3v) is 3.98. The molecule has 0 bridgehead atoms. The summed E-state index contributed by atoms with van der Waals surface area (Å²) in [5.74, 6) is 0. The zero-order valence-electron chi connectivity index (χ0n) is 12.3. The zero-order valence-corrected chi connectivity index (χ0v) is 12.3. The van der Waals surface area contributed by atoms with Crippen molar-refractivity contribution >= 4 is 10.8 Å². The van der Waals surface area contributed by atoms with E-state index >= 15 is 0 Å². The number of aromatic nitrogens is 1. The molecule has 0 aliphatic carbocycles. The molecule has 1 aromatic heterocycles. The van der Waals surface area contributed by atoms with Crippen LogP contribution in [-0.2, 0) is 6.42 Å². The summed E-state index contributed by atoms with van der Waals surface area (Å²) in [6.45, 7) is 2.11. The maximum atomic E-state index is 6.42. The van der Waals surface area contributed by atoms with Gasteiger partial charge in [0.1, 0.15) is 0 Å². The number of rotatable bonds is 4. The van der Waals surface area contributed by atoms with Crippen molar-refractivity contribution in [2.45, 2.75) is 25.8 Å². The topological polar surface area (TPSA) is 38.9 Å². The molecule has 0 aliphatic heterocycles. The summed E-state index contributed by atoms with van der Waals surface area (Å²) < 4.78 is 0. The van der Waals surface area contributed by atoms with E-state index in [9.17, 15) is 0 Å². The van der Waals surface area contributed by atoms with Gasteiger partial charge >= 0.3 is 0 Å². The van der Waals surface area contributed by atoms with Gasteiger partial charge in [0.2, 0.25) is 0 Å². The zero-order chi connectivity index (χ0) is 14.7. The van der Waals surface area contributed by atoms with Gasteiger partial charge in [0.05, 0.1) is 0 Å². The number of aryl methyl sites for hydroxylation is 2. The van der Waals surface area contributed by atoms with Crippen LogP contribution in [0.4, 0.5) is 0 Å². The maximum Gasteiger partial charge on any atom is 0.0346 e. The van der Waals surface area contributed by atoms with Crippen LogP contribution in [0.5, 0.6) is 0 Å². The summed E-state index contributed by atoms with van der Waals surface area (Å²) in [6, 6.07) is 17.1. The van der Waals surface area contributed by atoms with Gasteiger partial charge in [-0.15, -0.1) is 0 Å². The molecule has 2 heteroatoms. The number of nitrogens with two attached hydrogens (primary N) is 1. The van der Waals surface area contributed by atoms with Crippen molar-refractivity contribution in [1.82, 2.24) is 4.98 Å². The second kappa shape index (κ2) is 6.06. The first-order chi connectivity index (χ1) is 10.2. The van der Waals surface area contributed by atoms with Crippen molar-refractivity contribution in [2.75, 3.05) is 0 Å². The van der Waals surface area contributed by atoms with Crippen molar-refractivity contribution in [3.05, 3.63) is 77.6 Å². The van der Waals surface area contributed by atoms with Crippen LogP contribution >= 0.6 is 0 Å². The molecule has 1 atom stereocenters. The minimum absolute atomic E-state index is 0.0532. The van der Waals surface area contributed by atoms with E-state index in [0.29, 0.717) is 0 Å². The van der Waals surface area contributed by atoms with Crippen LogP contribution in [0.3, 0.4) is 0 Å². The molecule has 0 radical (unpaired) electrons. The average Bonchev–Trinajstić information content (AvgIpc) is 2.53. The minimum Gasteiger partial charge on any atom is -0.324 e. The second-order valence-corrected chi connectivity index (χ2v) is 5.57. The Hall–Kier alpha value is -2.19. The van der Waals surface area contributed by atoms with Crippen molar-refractivity contribution in [3.8, 4) is 0 Å². The fraction of sp³-hybridized carbons (Fsp3) is 0.211. The van der Waals surface area contributed by atoms with Crippen molar-refractivity contribution in [3.63, 3.8) is 0 Å². The normalized spacial score (nSPS) is 12.5. The van der Waals surface area contributed by atoms with Crippen LogP contribution in [0, 0.1) is 6.92 Å². The highest BCUT2D eigenvalue weighted by Gasteiger charge is 2.09. The lowest BCUT2D eigenvalue weighted by Gasteiger charge is -2.14. The van der Waals surface area contributed by atoms with E-state index in [1.165, 1.54) is 22.1 Å². The van der Waals surface area contributed by atoms with Crippen LogP contribution in [-0.4, -0.2) is 4.98 Å². The summed E-state index contributed by atoms with van der Waals surface area (Å²) >= 11 is 0. The van der Waals surface area contributed by atoms with E-state index in [-0.39, 0.29) is 6.04 Å². The van der Waals surface area contributed by atoms with Crippen LogP contribution in [0.25, 0.3) is 10.8 Å². The highest BCUT2D eigenvalue weighted by molar-refractivity contribution is 5.85. The Labute approximate surface area is 125 Å². The first-order valence-electron chi connectivity index (χ1n) is 7.38. The fourth-order valence-corrected chi connectivity index (χ4v) is 2.70. The number of nitrogens with zero attached hydrogens (tertiary/aromatic N) is 1. The van der Waals surface area contributed by atoms with Gasteiger partial charge in [-0.05, 0) is 42.3 Å². The molecular formula is C19H20N2. The Bertz CT molecular complexity index is 727. The number of hydrogen-bond donors (Lipinski definition) is 1. The van der Waals surface area contributed by atoms with Gasteiger partial charge in [-0.1, -0.05) is 48.0 Å².